The first kappa shape index (κ1) is 30.1. The molecule has 0 unspecified atom stereocenters. The summed E-state index contributed by atoms with van der Waals surface area (Å²) in [5.74, 6) is -1.23. The Morgan fingerprint density at radius 2 is 1.52 bits per heavy atom. The Labute approximate surface area is 228 Å². The fourth-order valence-electron chi connectivity index (χ4n) is 3.29. The third-order valence-electron chi connectivity index (χ3n) is 5.30. The molecule has 17 heteroatoms. The van der Waals surface area contributed by atoms with Crippen molar-refractivity contribution in [1.82, 2.24) is 0 Å². The average molecular weight is 593 g/mol. The van der Waals surface area contributed by atoms with Crippen LogP contribution in [0.1, 0.15) is 10.4 Å². The van der Waals surface area contributed by atoms with Crippen molar-refractivity contribution in [3.63, 3.8) is 0 Å². The molecule has 0 atom stereocenters. The van der Waals surface area contributed by atoms with Gasteiger partial charge in [-0.15, -0.1) is 20.5 Å². The van der Waals surface area contributed by atoms with Gasteiger partial charge >= 0.3 is 5.97 Å². The molecule has 0 fully saturated rings. The lowest BCUT2D eigenvalue weighted by Crippen LogP contribution is -2.10. The summed E-state index contributed by atoms with van der Waals surface area (Å²) in [6, 6.07) is 10.5. The molecule has 6 N–H and O–H groups in total. The van der Waals surface area contributed by atoms with E-state index >= 15 is 0 Å². The fourth-order valence-corrected chi connectivity index (χ4v) is 4.97. The lowest BCUT2D eigenvalue weighted by Gasteiger charge is -2.11. The molecule has 3 aromatic carbocycles. The zero-order chi connectivity index (χ0) is 29.7. The number of methoxy groups -OCH3 is 2. The number of azo groups is 2. The van der Waals surface area contributed by atoms with Crippen molar-refractivity contribution >= 4 is 60.0 Å². The molecule has 0 saturated heterocycles. The topological polar surface area (TPSA) is 246 Å². The quantitative estimate of drug-likeness (QED) is 0.115. The number of hydrogen-bond acceptors (Lipinski definition) is 14. The Kier molecular flexibility index (Phi) is 9.15. The summed E-state index contributed by atoms with van der Waals surface area (Å²) >= 11 is 0. The largest absolute Gasteiger partial charge is 0.494 e. The minimum absolute atomic E-state index is 0.0108. The second-order valence-electron chi connectivity index (χ2n) is 7.83. The second-order valence-corrected chi connectivity index (χ2v) is 11.3. The van der Waals surface area contributed by atoms with Crippen LogP contribution in [0, 0.1) is 0 Å². The lowest BCUT2D eigenvalue weighted by atomic mass is 10.2. The van der Waals surface area contributed by atoms with E-state index in [0.29, 0.717) is 0 Å². The van der Waals surface area contributed by atoms with Crippen LogP contribution in [-0.2, 0) is 24.7 Å². The Morgan fingerprint density at radius 3 is 2.15 bits per heavy atom. The summed E-state index contributed by atoms with van der Waals surface area (Å²) in [7, 11) is -6.26. The SMILES string of the molecule is COC(=O)c1ccccc1/N=N/c1cc(S(=O)(=O)O)c(N)c(/N=N/c2ccc(S(=O)(=O)CCO)cc2OC)c1N. The molecule has 3 aromatic rings. The number of hydrogen-bond donors (Lipinski definition) is 4. The molecule has 0 aromatic heterocycles. The summed E-state index contributed by atoms with van der Waals surface area (Å²) in [6.07, 6.45) is 0. The molecular formula is C23H24N6O9S2. The van der Waals surface area contributed by atoms with E-state index in [1.54, 1.807) is 12.1 Å². The zero-order valence-corrected chi connectivity index (χ0v) is 22.7. The van der Waals surface area contributed by atoms with Crippen LogP contribution in [0.2, 0.25) is 0 Å². The van der Waals surface area contributed by atoms with E-state index in [0.717, 1.165) is 6.07 Å². The number of benzene rings is 3. The number of carbonyl (C=O) groups excluding carboxylic acids is 1. The molecule has 0 aliphatic rings. The van der Waals surface area contributed by atoms with Crippen LogP contribution < -0.4 is 16.2 Å². The first-order chi connectivity index (χ1) is 18.8. The van der Waals surface area contributed by atoms with Gasteiger partial charge in [0.25, 0.3) is 10.1 Å². The Morgan fingerprint density at radius 1 is 0.875 bits per heavy atom. The highest BCUT2D eigenvalue weighted by Crippen LogP contribution is 2.44. The summed E-state index contributed by atoms with van der Waals surface area (Å²) in [6.45, 7) is -0.581. The number of nitrogens with zero attached hydrogens (tertiary/aromatic N) is 4. The van der Waals surface area contributed by atoms with Crippen LogP contribution >= 0.6 is 0 Å². The Hall–Kier alpha value is -4.45. The van der Waals surface area contributed by atoms with Crippen molar-refractivity contribution in [2.75, 3.05) is 38.0 Å². The highest BCUT2D eigenvalue weighted by Gasteiger charge is 2.23. The number of sulfone groups is 1. The first-order valence-corrected chi connectivity index (χ1v) is 14.1. The van der Waals surface area contributed by atoms with Gasteiger partial charge in [0, 0.05) is 6.07 Å². The molecular weight excluding hydrogens is 568 g/mol. The van der Waals surface area contributed by atoms with Gasteiger partial charge in [-0.3, -0.25) is 4.55 Å². The molecule has 0 saturated carbocycles. The van der Waals surface area contributed by atoms with Crippen LogP contribution in [0.3, 0.4) is 0 Å². The molecule has 0 amide bonds. The number of aliphatic hydroxyl groups excluding tert-OH is 1. The minimum Gasteiger partial charge on any atom is -0.494 e. The van der Waals surface area contributed by atoms with Crippen molar-refractivity contribution in [3.05, 3.63) is 54.1 Å². The van der Waals surface area contributed by atoms with Crippen molar-refractivity contribution in [3.8, 4) is 5.75 Å². The molecule has 0 aliphatic heterocycles. The smallest absolute Gasteiger partial charge is 0.340 e. The van der Waals surface area contributed by atoms with Gasteiger partial charge in [0.2, 0.25) is 0 Å². The predicted octanol–water partition coefficient (Wildman–Crippen LogP) is 3.49. The number of aliphatic hydroxyl groups is 1. The summed E-state index contributed by atoms with van der Waals surface area (Å²) in [5.41, 5.74) is 10.7. The third kappa shape index (κ3) is 6.57. The number of nitrogens with two attached hydrogens (primary N) is 2. The van der Waals surface area contributed by atoms with Gasteiger partial charge in [0.05, 0.1) is 48.4 Å². The second kappa shape index (κ2) is 12.2. The Bertz CT molecular complexity index is 1720. The molecule has 15 nitrogen and oxygen atoms in total. The minimum atomic E-state index is -4.90. The highest BCUT2D eigenvalue weighted by molar-refractivity contribution is 7.91. The molecule has 0 bridgehead atoms. The van der Waals surface area contributed by atoms with Crippen LogP contribution in [0.25, 0.3) is 0 Å². The van der Waals surface area contributed by atoms with Gasteiger partial charge < -0.3 is 26.0 Å². The van der Waals surface area contributed by atoms with Crippen LogP contribution in [-0.4, -0.2) is 59.0 Å². The predicted molar refractivity (Wildman–Crippen MR) is 143 cm³/mol. The van der Waals surface area contributed by atoms with E-state index in [2.05, 4.69) is 20.5 Å². The third-order valence-corrected chi connectivity index (χ3v) is 7.89. The number of nitrogen functional groups attached to an aromatic ring is 2. The van der Waals surface area contributed by atoms with E-state index < -0.39 is 54.6 Å². The van der Waals surface area contributed by atoms with Gasteiger partial charge in [-0.25, -0.2) is 13.2 Å². The fraction of sp³-hybridized carbons (Fsp3) is 0.174. The van der Waals surface area contributed by atoms with E-state index in [1.165, 1.54) is 44.6 Å². The van der Waals surface area contributed by atoms with E-state index in [-0.39, 0.29) is 39.0 Å². The van der Waals surface area contributed by atoms with Crippen LogP contribution in [0.5, 0.6) is 5.75 Å². The number of rotatable bonds is 10. The summed E-state index contributed by atoms with van der Waals surface area (Å²) in [5, 5.41) is 24.7. The van der Waals surface area contributed by atoms with Crippen molar-refractivity contribution in [2.45, 2.75) is 9.79 Å². The molecule has 0 radical (unpaired) electrons. The highest BCUT2D eigenvalue weighted by atomic mass is 32.2. The standard InChI is InChI=1S/C23H24N6O9S2/c1-37-18-11-13(39(32,33)10-9-30)7-8-16(18)27-29-22-20(24)17(12-19(21(22)25)40(34,35)36)28-26-15-6-4-3-5-14(15)23(31)38-2/h3-8,11-12,30H,9-10,24-25H2,1-2H3,(H,34,35,36)/b28-26+,29-27+. The maximum Gasteiger partial charge on any atom is 0.340 e. The molecule has 40 heavy (non-hydrogen) atoms. The van der Waals surface area contributed by atoms with Crippen LogP contribution in [0.15, 0.2) is 78.8 Å². The van der Waals surface area contributed by atoms with Gasteiger partial charge in [-0.1, -0.05) is 12.1 Å². The molecule has 3 rings (SSSR count). The van der Waals surface area contributed by atoms with Gasteiger partial charge in [0.1, 0.15) is 33.4 Å². The maximum absolute atomic E-state index is 12.3. The zero-order valence-electron chi connectivity index (χ0n) is 21.0. The van der Waals surface area contributed by atoms with Gasteiger partial charge in [-0.2, -0.15) is 8.42 Å². The Balaban J connectivity index is 2.14. The number of anilines is 2. The van der Waals surface area contributed by atoms with Gasteiger partial charge in [-0.05, 0) is 30.3 Å². The van der Waals surface area contributed by atoms with E-state index in [9.17, 15) is 26.2 Å². The molecule has 0 heterocycles. The molecule has 212 valence electrons. The van der Waals surface area contributed by atoms with Crippen molar-refractivity contribution in [2.24, 2.45) is 20.5 Å². The lowest BCUT2D eigenvalue weighted by molar-refractivity contribution is 0.0601. The summed E-state index contributed by atoms with van der Waals surface area (Å²) in [4.78, 5) is 11.1. The van der Waals surface area contributed by atoms with Crippen molar-refractivity contribution < 1.29 is 40.8 Å². The van der Waals surface area contributed by atoms with E-state index in [1.807, 2.05) is 0 Å². The van der Waals surface area contributed by atoms with Gasteiger partial charge in [0.15, 0.2) is 9.84 Å². The molecule has 0 aliphatic carbocycles. The van der Waals surface area contributed by atoms with Crippen LogP contribution in [0.4, 0.5) is 34.1 Å². The monoisotopic (exact) mass is 592 g/mol. The van der Waals surface area contributed by atoms with Crippen molar-refractivity contribution in [1.29, 1.82) is 0 Å². The number of esters is 1. The molecule has 0 spiro atoms. The first-order valence-electron chi connectivity index (χ1n) is 11.1. The number of ether oxygens (including phenoxy) is 2. The van der Waals surface area contributed by atoms with E-state index in [4.69, 9.17) is 26.0 Å². The summed E-state index contributed by atoms with van der Waals surface area (Å²) < 4.78 is 68.2. The normalized spacial score (nSPS) is 12.2. The number of carbonyl (C=O) groups is 1. The average Bonchev–Trinajstić information content (AvgIpc) is 2.91. The maximum atomic E-state index is 12.3.